The second kappa shape index (κ2) is 5.82. The second-order valence-corrected chi connectivity index (χ2v) is 8.48. The molecule has 2 bridgehead atoms. The molecule has 0 spiro atoms. The number of benzene rings is 1. The third-order valence-electron chi connectivity index (χ3n) is 6.92. The lowest BCUT2D eigenvalue weighted by atomic mass is 9.56. The lowest BCUT2D eigenvalue weighted by molar-refractivity contribution is -0.131. The van der Waals surface area contributed by atoms with Gasteiger partial charge in [0.05, 0.1) is 6.61 Å². The molecule has 3 atom stereocenters. The minimum absolute atomic E-state index is 0.118. The molecule has 2 aliphatic heterocycles. The summed E-state index contributed by atoms with van der Waals surface area (Å²) in [4.78, 5) is 14.2. The molecule has 134 valence electrons. The maximum Gasteiger partial charge on any atom is 0.308 e. The number of likely N-dealkylation sites (tertiary alicyclic amines) is 1. The number of ether oxygens (including phenoxy) is 2. The molecule has 0 radical (unpaired) electrons. The standard InChI is InChI=1S/C21H27NO3/c1-14(23)25-17-5-4-16-10-20-18-6-9-24-13-21(18,19(16)11-17)7-8-22(20)12-15-2-3-15/h4-5,11,15,18,20H,2-3,6-10,12-13H2,1H3/t18-,20+,21-/m0/s1. The van der Waals surface area contributed by atoms with Crippen LogP contribution in [0, 0.1) is 11.8 Å². The van der Waals surface area contributed by atoms with Gasteiger partial charge in [-0.25, -0.2) is 0 Å². The van der Waals surface area contributed by atoms with Crippen LogP contribution in [0.25, 0.3) is 0 Å². The van der Waals surface area contributed by atoms with Crippen molar-refractivity contribution in [3.63, 3.8) is 0 Å². The molecule has 0 amide bonds. The van der Waals surface area contributed by atoms with Crippen molar-refractivity contribution in [3.05, 3.63) is 29.3 Å². The normalized spacial score (nSPS) is 34.1. The SMILES string of the molecule is CC(=O)Oc1ccc2c(c1)[C@]13CCN(CC4CC4)[C@H](C2)[C@@H]1CCOC3. The molecule has 0 N–H and O–H groups in total. The van der Waals surface area contributed by atoms with Crippen molar-refractivity contribution in [3.8, 4) is 5.75 Å². The number of fused-ring (bicyclic) bond motifs is 1. The number of nitrogens with zero attached hydrogens (tertiary/aromatic N) is 1. The summed E-state index contributed by atoms with van der Waals surface area (Å²) in [5.74, 6) is 2.06. The van der Waals surface area contributed by atoms with E-state index in [1.165, 1.54) is 44.0 Å². The summed E-state index contributed by atoms with van der Waals surface area (Å²) in [5.41, 5.74) is 2.94. The smallest absolute Gasteiger partial charge is 0.308 e. The molecule has 1 aromatic rings. The zero-order valence-corrected chi connectivity index (χ0v) is 15.0. The molecule has 0 aromatic heterocycles. The molecule has 1 aromatic carbocycles. The molecule has 2 heterocycles. The van der Waals surface area contributed by atoms with Gasteiger partial charge in [-0.3, -0.25) is 9.69 Å². The molecule has 3 fully saturated rings. The summed E-state index contributed by atoms with van der Waals surface area (Å²) in [6.07, 6.45) is 6.30. The Morgan fingerprint density at radius 3 is 3.04 bits per heavy atom. The number of carbonyl (C=O) groups excluding carboxylic acids is 1. The van der Waals surface area contributed by atoms with Gasteiger partial charge in [0.2, 0.25) is 0 Å². The molecule has 4 aliphatic rings. The van der Waals surface area contributed by atoms with E-state index in [0.29, 0.717) is 17.7 Å². The van der Waals surface area contributed by atoms with Gasteiger partial charge in [0.25, 0.3) is 0 Å². The van der Waals surface area contributed by atoms with Gasteiger partial charge in [-0.1, -0.05) is 6.07 Å². The maximum atomic E-state index is 11.4. The van der Waals surface area contributed by atoms with Gasteiger partial charge in [0, 0.05) is 31.5 Å². The third-order valence-corrected chi connectivity index (χ3v) is 6.92. The molecule has 2 aliphatic carbocycles. The summed E-state index contributed by atoms with van der Waals surface area (Å²) in [5, 5.41) is 0. The largest absolute Gasteiger partial charge is 0.427 e. The molecule has 0 unspecified atom stereocenters. The first kappa shape index (κ1) is 15.8. The van der Waals surface area contributed by atoms with Crippen LogP contribution in [0.4, 0.5) is 0 Å². The van der Waals surface area contributed by atoms with Crippen LogP contribution in [0.1, 0.15) is 43.7 Å². The molecule has 5 rings (SSSR count). The van der Waals surface area contributed by atoms with Gasteiger partial charge < -0.3 is 9.47 Å². The van der Waals surface area contributed by atoms with Crippen LogP contribution >= 0.6 is 0 Å². The third kappa shape index (κ3) is 2.61. The van der Waals surface area contributed by atoms with Gasteiger partial charge >= 0.3 is 5.97 Å². The first-order chi connectivity index (χ1) is 12.2. The Balaban J connectivity index is 1.54. The highest BCUT2D eigenvalue weighted by Crippen LogP contribution is 2.53. The van der Waals surface area contributed by atoms with Crippen molar-refractivity contribution in [1.82, 2.24) is 4.90 Å². The van der Waals surface area contributed by atoms with Crippen LogP contribution in [-0.4, -0.2) is 43.2 Å². The van der Waals surface area contributed by atoms with Crippen LogP contribution in [-0.2, 0) is 21.4 Å². The van der Waals surface area contributed by atoms with Crippen molar-refractivity contribution in [1.29, 1.82) is 0 Å². The molecule has 1 saturated carbocycles. The van der Waals surface area contributed by atoms with E-state index in [0.717, 1.165) is 38.4 Å². The predicted molar refractivity (Wildman–Crippen MR) is 94.8 cm³/mol. The average molecular weight is 341 g/mol. The predicted octanol–water partition coefficient (Wildman–Crippen LogP) is 2.93. The number of hydrogen-bond acceptors (Lipinski definition) is 4. The molecule has 4 nitrogen and oxygen atoms in total. The van der Waals surface area contributed by atoms with Gasteiger partial charge in [0.15, 0.2) is 0 Å². The van der Waals surface area contributed by atoms with Crippen molar-refractivity contribution >= 4 is 5.97 Å². The number of rotatable bonds is 3. The second-order valence-electron chi connectivity index (χ2n) is 8.48. The number of piperidine rings is 1. The molecule has 25 heavy (non-hydrogen) atoms. The van der Waals surface area contributed by atoms with E-state index in [1.807, 2.05) is 6.07 Å². The maximum absolute atomic E-state index is 11.4. The van der Waals surface area contributed by atoms with Gasteiger partial charge in [0.1, 0.15) is 5.75 Å². The fourth-order valence-electron chi connectivity index (χ4n) is 5.62. The first-order valence-electron chi connectivity index (χ1n) is 9.79. The van der Waals surface area contributed by atoms with Gasteiger partial charge in [-0.2, -0.15) is 0 Å². The quantitative estimate of drug-likeness (QED) is 0.626. The number of carbonyl (C=O) groups is 1. The summed E-state index contributed by atoms with van der Waals surface area (Å²) >= 11 is 0. The molecular formula is C21H27NO3. The summed E-state index contributed by atoms with van der Waals surface area (Å²) in [6.45, 7) is 5.65. The van der Waals surface area contributed by atoms with E-state index < -0.39 is 0 Å². The Morgan fingerprint density at radius 2 is 2.24 bits per heavy atom. The fourth-order valence-corrected chi connectivity index (χ4v) is 5.62. The highest BCUT2D eigenvalue weighted by Gasteiger charge is 2.55. The fraction of sp³-hybridized carbons (Fsp3) is 0.667. The Kier molecular flexibility index (Phi) is 3.68. The van der Waals surface area contributed by atoms with Crippen LogP contribution in [0.3, 0.4) is 0 Å². The Bertz CT molecular complexity index is 698. The van der Waals surface area contributed by atoms with E-state index in [2.05, 4.69) is 17.0 Å². The Hall–Kier alpha value is -1.39. The van der Waals surface area contributed by atoms with Gasteiger partial charge in [-0.05, 0) is 73.7 Å². The van der Waals surface area contributed by atoms with E-state index in [-0.39, 0.29) is 11.4 Å². The van der Waals surface area contributed by atoms with E-state index >= 15 is 0 Å². The van der Waals surface area contributed by atoms with E-state index in [9.17, 15) is 4.79 Å². The van der Waals surface area contributed by atoms with Gasteiger partial charge in [-0.15, -0.1) is 0 Å². The molecule has 4 heteroatoms. The lowest BCUT2D eigenvalue weighted by Crippen LogP contribution is -2.63. The van der Waals surface area contributed by atoms with E-state index in [1.54, 1.807) is 0 Å². The average Bonchev–Trinajstić information content (AvgIpc) is 3.41. The van der Waals surface area contributed by atoms with Crippen LogP contribution in [0.5, 0.6) is 5.75 Å². The highest BCUT2D eigenvalue weighted by atomic mass is 16.5. The monoisotopic (exact) mass is 341 g/mol. The summed E-state index contributed by atoms with van der Waals surface area (Å²) in [6, 6.07) is 6.94. The van der Waals surface area contributed by atoms with Crippen molar-refractivity contribution < 1.29 is 14.3 Å². The minimum Gasteiger partial charge on any atom is -0.427 e. The minimum atomic E-state index is -0.248. The zero-order chi connectivity index (χ0) is 17.0. The van der Waals surface area contributed by atoms with Crippen molar-refractivity contribution in [2.45, 2.75) is 50.5 Å². The van der Waals surface area contributed by atoms with E-state index in [4.69, 9.17) is 9.47 Å². The first-order valence-corrected chi connectivity index (χ1v) is 9.79. The summed E-state index contributed by atoms with van der Waals surface area (Å²) in [7, 11) is 0. The molecule has 2 saturated heterocycles. The molecular weight excluding hydrogens is 314 g/mol. The Labute approximate surface area is 149 Å². The van der Waals surface area contributed by atoms with Crippen molar-refractivity contribution in [2.24, 2.45) is 11.8 Å². The number of hydrogen-bond donors (Lipinski definition) is 0. The van der Waals surface area contributed by atoms with Crippen molar-refractivity contribution in [2.75, 3.05) is 26.3 Å². The van der Waals surface area contributed by atoms with Crippen LogP contribution < -0.4 is 4.74 Å². The topological polar surface area (TPSA) is 38.8 Å². The van der Waals surface area contributed by atoms with Crippen LogP contribution in [0.15, 0.2) is 18.2 Å². The lowest BCUT2D eigenvalue weighted by Gasteiger charge is -2.58. The zero-order valence-electron chi connectivity index (χ0n) is 15.0. The highest BCUT2D eigenvalue weighted by molar-refractivity contribution is 5.69. The number of esters is 1. The Morgan fingerprint density at radius 1 is 1.36 bits per heavy atom. The van der Waals surface area contributed by atoms with Crippen LogP contribution in [0.2, 0.25) is 0 Å². The summed E-state index contributed by atoms with van der Waals surface area (Å²) < 4.78 is 11.4.